The third-order valence-corrected chi connectivity index (χ3v) is 2.44. The van der Waals surface area contributed by atoms with Gasteiger partial charge in [-0.05, 0) is 0 Å². The molecule has 0 aliphatic carbocycles. The standard InChI is InChI=1S/2CO.HI.Rh/c2*1-2;;/h;;1H;/q;;;+1/p-1. The van der Waals surface area contributed by atoms with Gasteiger partial charge in [0.1, 0.15) is 0 Å². The first kappa shape index (κ1) is 6.51. The molecular formula is C2IO2Rh. The Balaban J connectivity index is 4.81. The summed E-state index contributed by atoms with van der Waals surface area (Å²) in [5.41, 5.74) is 0. The average Bonchev–Trinajstić information content (AvgIpc) is 1.65. The van der Waals surface area contributed by atoms with Crippen molar-refractivity contribution in [3.63, 3.8) is 0 Å². The number of hydrogen-bond acceptors (Lipinski definition) is 2. The Morgan fingerprint density at radius 1 is 1.33 bits per heavy atom. The Morgan fingerprint density at radius 2 is 1.67 bits per heavy atom. The summed E-state index contributed by atoms with van der Waals surface area (Å²) in [6.45, 7) is 0. The molecule has 0 N–H and O–H groups in total. The summed E-state index contributed by atoms with van der Waals surface area (Å²) in [5.74, 6) is 0. The Bertz CT molecular complexity index is 140. The van der Waals surface area contributed by atoms with Crippen molar-refractivity contribution in [3.05, 3.63) is 0 Å². The molecule has 0 saturated heterocycles. The van der Waals surface area contributed by atoms with E-state index in [0.29, 0.717) is 0 Å². The van der Waals surface area contributed by atoms with Crippen LogP contribution in [0.5, 0.6) is 0 Å². The molecule has 0 fully saturated rings. The molecule has 0 amide bonds. The maximum atomic E-state index is 9.40. The summed E-state index contributed by atoms with van der Waals surface area (Å²) >= 11 is 0.0207. The quantitative estimate of drug-likeness (QED) is 0.467. The van der Waals surface area contributed by atoms with Gasteiger partial charge in [0.2, 0.25) is 0 Å². The Hall–Kier alpha value is 0.513. The molecule has 2 nitrogen and oxygen atoms in total. The molecule has 0 aromatic rings. The molecule has 0 aliphatic heterocycles. The molecule has 0 atom stereocenters. The van der Waals surface area contributed by atoms with Gasteiger partial charge in [-0.25, -0.2) is 0 Å². The van der Waals surface area contributed by atoms with Crippen LogP contribution in [0, 0.1) is 0 Å². The van der Waals surface area contributed by atoms with E-state index in [4.69, 9.17) is 0 Å². The molecule has 0 saturated carbocycles. The normalized spacial score (nSPS) is 8.50. The number of carbonyl (C=O) groups excluding carboxylic acids is 2. The first-order valence-electron chi connectivity index (χ1n) is 0.868. The zero-order valence-electron chi connectivity index (χ0n) is 2.53. The summed E-state index contributed by atoms with van der Waals surface area (Å²) in [4.78, 5) is 18.8. The van der Waals surface area contributed by atoms with Crippen molar-refractivity contribution in [2.75, 3.05) is 0 Å². The summed E-state index contributed by atoms with van der Waals surface area (Å²) in [7, 11) is 0. The van der Waals surface area contributed by atoms with Crippen LogP contribution >= 0.6 is 19.8 Å². The molecule has 6 heavy (non-hydrogen) atoms. The summed E-state index contributed by atoms with van der Waals surface area (Å²) < 4.78 is 3.12. The van der Waals surface area contributed by atoms with Gasteiger partial charge >= 0.3 is 49.8 Å². The minimum absolute atomic E-state index is 1.56. The second kappa shape index (κ2) is 3.69. The predicted molar refractivity (Wildman–Crippen MR) is 25.4 cm³/mol. The average molecular weight is 286 g/mol. The number of hydrogen-bond donors (Lipinski definition) is 0. The van der Waals surface area contributed by atoms with E-state index in [0.717, 1.165) is 0 Å². The number of halogens is 1. The zero-order valence-corrected chi connectivity index (χ0v) is 6.32. The predicted octanol–water partition coefficient (Wildman–Crippen LogP) is 0.0890. The van der Waals surface area contributed by atoms with Gasteiger partial charge in [-0.2, -0.15) is 0 Å². The first-order valence-corrected chi connectivity index (χ1v) is 7.38. The van der Waals surface area contributed by atoms with Crippen molar-refractivity contribution in [2.24, 2.45) is 0 Å². The maximum absolute atomic E-state index is 9.40. The first-order chi connectivity index (χ1) is 2.81. The fourth-order valence-corrected chi connectivity index (χ4v) is 0.0822. The van der Waals surface area contributed by atoms with Crippen LogP contribution in [0.15, 0.2) is 0 Å². The summed E-state index contributed by atoms with van der Waals surface area (Å²) in [6, 6.07) is 0. The number of rotatable bonds is 0. The van der Waals surface area contributed by atoms with Gasteiger partial charge in [0.25, 0.3) is 0 Å². The van der Waals surface area contributed by atoms with Crippen LogP contribution in [0.2, 0.25) is 0 Å². The second-order valence-corrected chi connectivity index (χ2v) is 6.30. The van der Waals surface area contributed by atoms with E-state index in [1.54, 1.807) is 28.7 Å². The Kier molecular flexibility index (Phi) is 4.01. The van der Waals surface area contributed by atoms with Crippen molar-refractivity contribution < 1.29 is 21.1 Å². The molecular weight excluding hydrogens is 286 g/mol. The van der Waals surface area contributed by atoms with E-state index < -0.39 is 11.5 Å². The molecule has 0 aromatic heterocycles. The third kappa shape index (κ3) is 2.73. The Morgan fingerprint density at radius 3 is 1.67 bits per heavy atom. The fraction of sp³-hybridized carbons (Fsp3) is 0. The molecule has 0 bridgehead atoms. The van der Waals surface area contributed by atoms with Crippen LogP contribution in [-0.2, 0) is 21.1 Å². The van der Waals surface area contributed by atoms with E-state index >= 15 is 0 Å². The van der Waals surface area contributed by atoms with Crippen molar-refractivity contribution in [1.29, 1.82) is 0 Å². The molecule has 0 spiro atoms. The van der Waals surface area contributed by atoms with Crippen molar-refractivity contribution in [1.82, 2.24) is 0 Å². The van der Waals surface area contributed by atoms with Gasteiger partial charge < -0.3 is 0 Å². The fourth-order valence-electron chi connectivity index (χ4n) is 0.0139. The second-order valence-electron chi connectivity index (χ2n) is 0.345. The van der Waals surface area contributed by atoms with Crippen LogP contribution in [0.4, 0.5) is 0 Å². The topological polar surface area (TPSA) is 34.1 Å². The van der Waals surface area contributed by atoms with Crippen LogP contribution in [0.3, 0.4) is 0 Å². The van der Waals surface area contributed by atoms with Gasteiger partial charge in [-0.1, -0.05) is 0 Å². The van der Waals surface area contributed by atoms with Gasteiger partial charge in [-0.3, -0.25) is 0 Å². The van der Waals surface area contributed by atoms with E-state index in [2.05, 4.69) is 0 Å². The van der Waals surface area contributed by atoms with E-state index in [9.17, 15) is 9.59 Å². The molecule has 0 aliphatic rings. The van der Waals surface area contributed by atoms with Gasteiger partial charge in [0, 0.05) is 0 Å². The van der Waals surface area contributed by atoms with Crippen molar-refractivity contribution >= 4 is 28.7 Å². The molecule has 0 unspecified atom stereocenters. The molecule has 4 heteroatoms. The van der Waals surface area contributed by atoms with Crippen LogP contribution in [-0.4, -0.2) is 8.95 Å². The van der Waals surface area contributed by atoms with Crippen LogP contribution in [0.25, 0.3) is 0 Å². The summed E-state index contributed by atoms with van der Waals surface area (Å²) in [5, 5.41) is 0. The van der Waals surface area contributed by atoms with Crippen molar-refractivity contribution in [2.45, 2.75) is 0 Å². The van der Waals surface area contributed by atoms with E-state index in [1.807, 2.05) is 0 Å². The van der Waals surface area contributed by atoms with Gasteiger partial charge in [0.05, 0.1) is 0 Å². The van der Waals surface area contributed by atoms with Gasteiger partial charge in [0.15, 0.2) is 0 Å². The molecule has 0 heterocycles. The van der Waals surface area contributed by atoms with E-state index in [-0.39, 0.29) is 0 Å². The van der Waals surface area contributed by atoms with Crippen LogP contribution in [0.1, 0.15) is 0 Å². The van der Waals surface area contributed by atoms with E-state index in [1.165, 1.54) is 0 Å². The Labute approximate surface area is 49.7 Å². The minimum atomic E-state index is -1.73. The molecule has 0 rings (SSSR count). The van der Waals surface area contributed by atoms with Crippen molar-refractivity contribution in [3.8, 4) is 0 Å². The molecule has 0 aromatic carbocycles. The van der Waals surface area contributed by atoms with Crippen LogP contribution < -0.4 is 0 Å². The SMILES string of the molecule is O=[C]=[Rh]([I])=[C]=O. The molecule has 36 valence electrons. The van der Waals surface area contributed by atoms with Gasteiger partial charge in [-0.15, -0.1) is 0 Å². The monoisotopic (exact) mass is 286 g/mol. The zero-order chi connectivity index (χ0) is 4.99. The summed E-state index contributed by atoms with van der Waals surface area (Å²) in [6.07, 6.45) is 0. The molecule has 0 radical (unpaired) electrons. The third-order valence-electron chi connectivity index (χ3n) is 0.119.